The molecule has 0 unspecified atom stereocenters. The molecule has 6 nitrogen and oxygen atoms in total. The molecule has 0 bridgehead atoms. The molecule has 0 aliphatic rings. The van der Waals surface area contributed by atoms with Crippen LogP contribution in [0.2, 0.25) is 0 Å². The molecule has 0 saturated carbocycles. The Morgan fingerprint density at radius 3 is 2.41 bits per heavy atom. The quantitative estimate of drug-likeness (QED) is 0.647. The minimum absolute atomic E-state index is 0.187. The van der Waals surface area contributed by atoms with Crippen LogP contribution in [0, 0.1) is 6.92 Å². The van der Waals surface area contributed by atoms with Gasteiger partial charge in [-0.05, 0) is 60.9 Å². The largest absolute Gasteiger partial charge is 0.497 e. The van der Waals surface area contributed by atoms with Crippen LogP contribution in [-0.2, 0) is 6.42 Å². The summed E-state index contributed by atoms with van der Waals surface area (Å²) in [5, 5.41) is 5.63. The third kappa shape index (κ3) is 5.65. The molecular weight excluding hydrogens is 366 g/mol. The topological polar surface area (TPSA) is 80.3 Å². The maximum absolute atomic E-state index is 12.4. The fourth-order valence-corrected chi connectivity index (χ4v) is 2.84. The van der Waals surface area contributed by atoms with Gasteiger partial charge in [-0.25, -0.2) is 4.98 Å². The van der Waals surface area contributed by atoms with Gasteiger partial charge in [0.1, 0.15) is 17.1 Å². The highest BCUT2D eigenvalue weighted by molar-refractivity contribution is 6.03. The fraction of sp³-hybridized carbons (Fsp3) is 0.174. The number of aryl methyl sites for hydroxylation is 1. The summed E-state index contributed by atoms with van der Waals surface area (Å²) in [6.45, 7) is 2.40. The van der Waals surface area contributed by atoms with E-state index in [0.717, 1.165) is 16.9 Å². The van der Waals surface area contributed by atoms with Gasteiger partial charge in [0.25, 0.3) is 11.8 Å². The van der Waals surface area contributed by atoms with Gasteiger partial charge in [-0.2, -0.15) is 0 Å². The van der Waals surface area contributed by atoms with Crippen molar-refractivity contribution in [2.45, 2.75) is 13.3 Å². The van der Waals surface area contributed by atoms with E-state index in [0.29, 0.717) is 18.7 Å². The Kier molecular flexibility index (Phi) is 6.58. The van der Waals surface area contributed by atoms with Crippen molar-refractivity contribution in [2.75, 3.05) is 19.0 Å². The van der Waals surface area contributed by atoms with Crippen LogP contribution in [0.5, 0.6) is 5.75 Å². The Bertz CT molecular complexity index is 1020. The molecule has 6 heteroatoms. The van der Waals surface area contributed by atoms with Crippen molar-refractivity contribution >= 4 is 17.5 Å². The van der Waals surface area contributed by atoms with E-state index in [9.17, 15) is 9.59 Å². The molecule has 148 valence electrons. The summed E-state index contributed by atoms with van der Waals surface area (Å²) in [6, 6.07) is 20.0. The normalized spacial score (nSPS) is 10.3. The number of hydrogen-bond donors (Lipinski definition) is 2. The first-order valence-electron chi connectivity index (χ1n) is 9.31. The summed E-state index contributed by atoms with van der Waals surface area (Å²) in [5.74, 6) is 0.0996. The van der Waals surface area contributed by atoms with Gasteiger partial charge < -0.3 is 15.4 Å². The first kappa shape index (κ1) is 20.1. The van der Waals surface area contributed by atoms with Crippen molar-refractivity contribution in [2.24, 2.45) is 0 Å². The molecule has 2 N–H and O–H groups in total. The molecule has 1 heterocycles. The molecule has 0 aliphatic heterocycles. The van der Waals surface area contributed by atoms with Crippen LogP contribution in [0.4, 0.5) is 5.69 Å². The number of methoxy groups -OCH3 is 1. The number of carbonyl (C=O) groups excluding carboxylic acids is 2. The summed E-state index contributed by atoms with van der Waals surface area (Å²) in [4.78, 5) is 29.0. The lowest BCUT2D eigenvalue weighted by molar-refractivity contribution is 0.0949. The third-order valence-corrected chi connectivity index (χ3v) is 4.32. The average molecular weight is 389 g/mol. The highest BCUT2D eigenvalue weighted by atomic mass is 16.5. The zero-order chi connectivity index (χ0) is 20.6. The zero-order valence-electron chi connectivity index (χ0n) is 16.4. The molecule has 2 amide bonds. The number of amides is 2. The van der Waals surface area contributed by atoms with Crippen LogP contribution in [0.15, 0.2) is 66.7 Å². The molecule has 0 radical (unpaired) electrons. The summed E-state index contributed by atoms with van der Waals surface area (Å²) >= 11 is 0. The Hall–Kier alpha value is -3.67. The van der Waals surface area contributed by atoms with E-state index in [2.05, 4.69) is 15.6 Å². The second kappa shape index (κ2) is 9.50. The minimum atomic E-state index is -0.360. The van der Waals surface area contributed by atoms with Crippen molar-refractivity contribution in [3.05, 3.63) is 89.2 Å². The van der Waals surface area contributed by atoms with Crippen molar-refractivity contribution < 1.29 is 14.3 Å². The zero-order valence-corrected chi connectivity index (χ0v) is 16.4. The van der Waals surface area contributed by atoms with Crippen molar-refractivity contribution in [1.82, 2.24) is 10.3 Å². The first-order valence-corrected chi connectivity index (χ1v) is 9.31. The number of nitrogens with one attached hydrogen (secondary N) is 2. The minimum Gasteiger partial charge on any atom is -0.497 e. The maximum Gasteiger partial charge on any atom is 0.274 e. The van der Waals surface area contributed by atoms with E-state index in [1.54, 1.807) is 31.4 Å². The van der Waals surface area contributed by atoms with Crippen LogP contribution in [-0.4, -0.2) is 30.5 Å². The molecule has 3 aromatic rings. The molecular formula is C23H23N3O3. The lowest BCUT2D eigenvalue weighted by Gasteiger charge is -2.08. The van der Waals surface area contributed by atoms with Crippen molar-refractivity contribution in [3.8, 4) is 5.75 Å². The molecule has 1 aromatic heterocycles. The van der Waals surface area contributed by atoms with Crippen molar-refractivity contribution in [1.29, 1.82) is 0 Å². The summed E-state index contributed by atoms with van der Waals surface area (Å²) in [5.41, 5.74) is 3.17. The van der Waals surface area contributed by atoms with E-state index >= 15 is 0 Å². The second-order valence-electron chi connectivity index (χ2n) is 6.59. The number of carbonyl (C=O) groups is 2. The van der Waals surface area contributed by atoms with Crippen LogP contribution in [0.3, 0.4) is 0 Å². The number of aromatic nitrogens is 1. The van der Waals surface area contributed by atoms with Crippen LogP contribution >= 0.6 is 0 Å². The number of pyridine rings is 1. The van der Waals surface area contributed by atoms with Gasteiger partial charge in [-0.15, -0.1) is 0 Å². The summed E-state index contributed by atoms with van der Waals surface area (Å²) < 4.78 is 5.20. The number of rotatable bonds is 7. The van der Waals surface area contributed by atoms with Gasteiger partial charge in [-0.1, -0.05) is 30.3 Å². The number of nitrogens with zero attached hydrogens (tertiary/aromatic N) is 1. The smallest absolute Gasteiger partial charge is 0.274 e. The van der Waals surface area contributed by atoms with E-state index in [4.69, 9.17) is 4.74 Å². The predicted molar refractivity (Wildman–Crippen MR) is 112 cm³/mol. The van der Waals surface area contributed by atoms with Gasteiger partial charge >= 0.3 is 0 Å². The first-order chi connectivity index (χ1) is 14.0. The number of hydrogen-bond acceptors (Lipinski definition) is 4. The fourth-order valence-electron chi connectivity index (χ4n) is 2.84. The maximum atomic E-state index is 12.4. The number of benzene rings is 2. The van der Waals surface area contributed by atoms with Crippen molar-refractivity contribution in [3.63, 3.8) is 0 Å². The van der Waals surface area contributed by atoms with Crippen LogP contribution in [0.25, 0.3) is 0 Å². The molecule has 2 aromatic carbocycles. The molecule has 0 atom stereocenters. The second-order valence-corrected chi connectivity index (χ2v) is 6.59. The Balaban J connectivity index is 1.59. The highest BCUT2D eigenvalue weighted by Crippen LogP contribution is 2.13. The van der Waals surface area contributed by atoms with Gasteiger partial charge in [0.2, 0.25) is 0 Å². The molecule has 0 fully saturated rings. The van der Waals surface area contributed by atoms with Gasteiger partial charge in [-0.3, -0.25) is 9.59 Å². The van der Waals surface area contributed by atoms with E-state index in [1.165, 1.54) is 0 Å². The molecule has 0 aliphatic carbocycles. The predicted octanol–water partition coefficient (Wildman–Crippen LogP) is 3.62. The standard InChI is InChI=1S/C23H23N3O3/c1-16-6-3-8-18(14-16)25-23(28)21-11-5-10-20(26-21)22(27)24-13-12-17-7-4-9-19(15-17)29-2/h3-11,14-15H,12-13H2,1-2H3,(H,24,27)(H,25,28). The molecule has 0 spiro atoms. The highest BCUT2D eigenvalue weighted by Gasteiger charge is 2.12. The van der Waals surface area contributed by atoms with E-state index < -0.39 is 0 Å². The summed E-state index contributed by atoms with van der Waals surface area (Å²) in [7, 11) is 1.62. The Morgan fingerprint density at radius 1 is 0.931 bits per heavy atom. The van der Waals surface area contributed by atoms with E-state index in [1.807, 2.05) is 49.4 Å². The monoisotopic (exact) mass is 389 g/mol. The molecule has 0 saturated heterocycles. The third-order valence-electron chi connectivity index (χ3n) is 4.32. The average Bonchev–Trinajstić information content (AvgIpc) is 2.74. The van der Waals surface area contributed by atoms with E-state index in [-0.39, 0.29) is 23.2 Å². The Morgan fingerprint density at radius 2 is 1.66 bits per heavy atom. The van der Waals surface area contributed by atoms with Gasteiger partial charge in [0, 0.05) is 12.2 Å². The Labute approximate surface area is 169 Å². The lowest BCUT2D eigenvalue weighted by Crippen LogP contribution is -2.27. The molecule has 3 rings (SSSR count). The van der Waals surface area contributed by atoms with Gasteiger partial charge in [0.15, 0.2) is 0 Å². The van der Waals surface area contributed by atoms with Crippen LogP contribution in [0.1, 0.15) is 32.1 Å². The SMILES string of the molecule is COc1cccc(CCNC(=O)c2cccc(C(=O)Nc3cccc(C)c3)n2)c1. The van der Waals surface area contributed by atoms with Gasteiger partial charge in [0.05, 0.1) is 7.11 Å². The summed E-state index contributed by atoms with van der Waals surface area (Å²) in [6.07, 6.45) is 0.663. The molecule has 29 heavy (non-hydrogen) atoms. The number of ether oxygens (including phenoxy) is 1. The van der Waals surface area contributed by atoms with Crippen LogP contribution < -0.4 is 15.4 Å². The lowest BCUT2D eigenvalue weighted by atomic mass is 10.1. The number of anilines is 1.